The Hall–Kier alpha value is -2.58. The van der Waals surface area contributed by atoms with Crippen molar-refractivity contribution in [3.05, 3.63) is 41.4 Å². The summed E-state index contributed by atoms with van der Waals surface area (Å²) in [4.78, 5) is 10.4. The largest absolute Gasteiger partial charge is 0.371 e. The molecule has 0 unspecified atom stereocenters. The van der Waals surface area contributed by atoms with E-state index >= 15 is 0 Å². The number of likely N-dealkylation sites (N-methyl/N-ethyl adjacent to an activating group) is 1. The SMILES string of the molecule is CN1CCn2cc(-c3nc(Cl)ncc3C#N)c3cccc1c32. The van der Waals surface area contributed by atoms with Gasteiger partial charge in [0.05, 0.1) is 28.7 Å². The first-order valence-electron chi connectivity index (χ1n) is 6.95. The minimum atomic E-state index is 0.151. The Balaban J connectivity index is 2.07. The molecule has 3 aromatic rings. The van der Waals surface area contributed by atoms with Crippen molar-refractivity contribution < 1.29 is 0 Å². The normalized spacial score (nSPS) is 13.4. The highest BCUT2D eigenvalue weighted by atomic mass is 35.5. The van der Waals surface area contributed by atoms with Gasteiger partial charge in [-0.25, -0.2) is 9.97 Å². The lowest BCUT2D eigenvalue weighted by molar-refractivity contribution is 0.685. The van der Waals surface area contributed by atoms with Gasteiger partial charge >= 0.3 is 0 Å². The Morgan fingerprint density at radius 1 is 1.32 bits per heavy atom. The van der Waals surface area contributed by atoms with Crippen LogP contribution in [0.4, 0.5) is 5.69 Å². The number of para-hydroxylation sites is 1. The van der Waals surface area contributed by atoms with Crippen LogP contribution < -0.4 is 4.90 Å². The van der Waals surface area contributed by atoms with Crippen molar-refractivity contribution in [2.24, 2.45) is 0 Å². The zero-order chi connectivity index (χ0) is 15.3. The lowest BCUT2D eigenvalue weighted by atomic mass is 10.1. The molecule has 1 aliphatic rings. The summed E-state index contributed by atoms with van der Waals surface area (Å²) >= 11 is 5.94. The third kappa shape index (κ3) is 1.78. The topological polar surface area (TPSA) is 57.7 Å². The highest BCUT2D eigenvalue weighted by molar-refractivity contribution is 6.28. The second-order valence-electron chi connectivity index (χ2n) is 5.34. The van der Waals surface area contributed by atoms with Gasteiger partial charge in [0.25, 0.3) is 0 Å². The van der Waals surface area contributed by atoms with Crippen molar-refractivity contribution in [2.45, 2.75) is 6.54 Å². The van der Waals surface area contributed by atoms with E-state index in [2.05, 4.69) is 50.9 Å². The van der Waals surface area contributed by atoms with Gasteiger partial charge in [0, 0.05) is 37.3 Å². The number of benzene rings is 1. The van der Waals surface area contributed by atoms with Crippen LogP contribution in [-0.4, -0.2) is 28.1 Å². The van der Waals surface area contributed by atoms with E-state index in [0.29, 0.717) is 11.3 Å². The fraction of sp³-hybridized carbons (Fsp3) is 0.188. The first kappa shape index (κ1) is 13.1. The zero-order valence-electron chi connectivity index (χ0n) is 11.9. The molecule has 0 radical (unpaired) electrons. The molecule has 0 N–H and O–H groups in total. The summed E-state index contributed by atoms with van der Waals surface area (Å²) in [5.41, 5.74) is 4.31. The average Bonchev–Trinajstić information content (AvgIpc) is 2.91. The van der Waals surface area contributed by atoms with Crippen molar-refractivity contribution in [1.29, 1.82) is 5.26 Å². The van der Waals surface area contributed by atoms with Crippen molar-refractivity contribution >= 4 is 28.2 Å². The second kappa shape index (κ2) is 4.72. The molecule has 108 valence electrons. The number of aromatic nitrogens is 3. The maximum Gasteiger partial charge on any atom is 0.222 e. The van der Waals surface area contributed by atoms with Crippen LogP contribution >= 0.6 is 11.6 Å². The molecule has 5 nitrogen and oxygen atoms in total. The molecule has 0 saturated heterocycles. The highest BCUT2D eigenvalue weighted by Crippen LogP contribution is 2.38. The van der Waals surface area contributed by atoms with Gasteiger partial charge in [-0.3, -0.25) is 0 Å². The van der Waals surface area contributed by atoms with Gasteiger partial charge in [0.15, 0.2) is 0 Å². The maximum absolute atomic E-state index is 9.33. The van der Waals surface area contributed by atoms with Crippen LogP contribution in [0.1, 0.15) is 5.56 Å². The average molecular weight is 310 g/mol. The van der Waals surface area contributed by atoms with E-state index in [-0.39, 0.29) is 5.28 Å². The summed E-state index contributed by atoms with van der Waals surface area (Å²) in [6.07, 6.45) is 3.53. The Morgan fingerprint density at radius 2 is 2.18 bits per heavy atom. The lowest BCUT2D eigenvalue weighted by Crippen LogP contribution is -2.26. The minimum absolute atomic E-state index is 0.151. The van der Waals surface area contributed by atoms with Crippen LogP contribution in [0, 0.1) is 11.3 Å². The van der Waals surface area contributed by atoms with E-state index in [9.17, 15) is 5.26 Å². The molecule has 0 amide bonds. The third-order valence-electron chi connectivity index (χ3n) is 4.10. The fourth-order valence-electron chi connectivity index (χ4n) is 3.04. The third-order valence-corrected chi connectivity index (χ3v) is 4.28. The predicted molar refractivity (Wildman–Crippen MR) is 86.0 cm³/mol. The Morgan fingerprint density at radius 3 is 3.00 bits per heavy atom. The first-order chi connectivity index (χ1) is 10.7. The molecule has 22 heavy (non-hydrogen) atoms. The molecular formula is C16H12ClN5. The number of rotatable bonds is 1. The van der Waals surface area contributed by atoms with Crippen LogP contribution in [0.5, 0.6) is 0 Å². The van der Waals surface area contributed by atoms with E-state index in [0.717, 1.165) is 24.0 Å². The number of hydrogen-bond donors (Lipinski definition) is 0. The van der Waals surface area contributed by atoms with Crippen LogP contribution in [0.3, 0.4) is 0 Å². The van der Waals surface area contributed by atoms with Crippen molar-refractivity contribution in [3.8, 4) is 17.3 Å². The first-order valence-corrected chi connectivity index (χ1v) is 7.33. The van der Waals surface area contributed by atoms with Gasteiger partial charge in [0.2, 0.25) is 5.28 Å². The van der Waals surface area contributed by atoms with Crippen molar-refractivity contribution in [3.63, 3.8) is 0 Å². The second-order valence-corrected chi connectivity index (χ2v) is 5.68. The number of nitriles is 1. The summed E-state index contributed by atoms with van der Waals surface area (Å²) in [7, 11) is 2.09. The van der Waals surface area contributed by atoms with E-state index in [1.807, 2.05) is 6.07 Å². The smallest absolute Gasteiger partial charge is 0.222 e. The molecule has 1 aliphatic heterocycles. The summed E-state index contributed by atoms with van der Waals surface area (Å²) in [5.74, 6) is 0. The van der Waals surface area contributed by atoms with Crippen LogP contribution in [-0.2, 0) is 6.54 Å². The molecule has 0 spiro atoms. The summed E-state index contributed by atoms with van der Waals surface area (Å²) in [6, 6.07) is 8.35. The molecule has 2 aromatic heterocycles. The number of nitrogens with zero attached hydrogens (tertiary/aromatic N) is 5. The Bertz CT molecular complexity index is 938. The van der Waals surface area contributed by atoms with E-state index in [4.69, 9.17) is 11.6 Å². The van der Waals surface area contributed by atoms with E-state index in [1.54, 1.807) is 0 Å². The van der Waals surface area contributed by atoms with Crippen LogP contribution in [0.2, 0.25) is 5.28 Å². The molecule has 4 rings (SSSR count). The number of anilines is 1. The molecule has 0 aliphatic carbocycles. The van der Waals surface area contributed by atoms with Gasteiger partial charge in [0.1, 0.15) is 6.07 Å². The summed E-state index contributed by atoms with van der Waals surface area (Å²) < 4.78 is 2.22. The standard InChI is InChI=1S/C16H12ClN5/c1-21-5-6-22-9-12(11-3-2-4-13(21)15(11)22)14-10(7-18)8-19-16(17)20-14/h2-4,8-9H,5-6H2,1H3. The fourth-order valence-corrected chi connectivity index (χ4v) is 3.17. The molecule has 3 heterocycles. The molecule has 0 atom stereocenters. The van der Waals surface area contributed by atoms with Gasteiger partial charge < -0.3 is 9.47 Å². The maximum atomic E-state index is 9.33. The summed E-state index contributed by atoms with van der Waals surface area (Å²) in [5, 5.41) is 10.6. The Labute approximate surface area is 132 Å². The van der Waals surface area contributed by atoms with Gasteiger partial charge in [-0.2, -0.15) is 5.26 Å². The molecule has 0 saturated carbocycles. The molecule has 0 fully saturated rings. The lowest BCUT2D eigenvalue weighted by Gasteiger charge is -2.26. The molecular weight excluding hydrogens is 298 g/mol. The monoisotopic (exact) mass is 309 g/mol. The van der Waals surface area contributed by atoms with Gasteiger partial charge in [-0.05, 0) is 17.7 Å². The quantitative estimate of drug-likeness (QED) is 0.648. The molecule has 6 heteroatoms. The Kier molecular flexibility index (Phi) is 2.81. The number of hydrogen-bond acceptors (Lipinski definition) is 4. The number of halogens is 1. The zero-order valence-corrected chi connectivity index (χ0v) is 12.7. The van der Waals surface area contributed by atoms with Crippen LogP contribution in [0.25, 0.3) is 22.2 Å². The minimum Gasteiger partial charge on any atom is -0.371 e. The highest BCUT2D eigenvalue weighted by Gasteiger charge is 2.21. The van der Waals surface area contributed by atoms with Crippen molar-refractivity contribution in [2.75, 3.05) is 18.5 Å². The molecule has 1 aromatic carbocycles. The van der Waals surface area contributed by atoms with Crippen molar-refractivity contribution in [1.82, 2.24) is 14.5 Å². The van der Waals surface area contributed by atoms with E-state index in [1.165, 1.54) is 17.4 Å². The van der Waals surface area contributed by atoms with Gasteiger partial charge in [-0.1, -0.05) is 12.1 Å². The van der Waals surface area contributed by atoms with E-state index < -0.39 is 0 Å². The van der Waals surface area contributed by atoms with Gasteiger partial charge in [-0.15, -0.1) is 0 Å². The molecule has 0 bridgehead atoms. The predicted octanol–water partition coefficient (Wildman–Crippen LogP) is 3.07. The van der Waals surface area contributed by atoms with Crippen LogP contribution in [0.15, 0.2) is 30.6 Å². The summed E-state index contributed by atoms with van der Waals surface area (Å²) in [6.45, 7) is 1.86.